The Balaban J connectivity index is 1.75. The van der Waals surface area contributed by atoms with Gasteiger partial charge in [-0.05, 0) is 24.3 Å². The van der Waals surface area contributed by atoms with Crippen molar-refractivity contribution in [2.24, 2.45) is 0 Å². The second-order valence-electron chi connectivity index (χ2n) is 3.95. The number of hydrogen-bond donors (Lipinski definition) is 2. The molecule has 0 aliphatic rings. The molecule has 1 heterocycles. The van der Waals surface area contributed by atoms with Crippen molar-refractivity contribution in [2.45, 2.75) is 6.54 Å². The maximum Gasteiger partial charge on any atom is 0.251 e. The molecule has 0 aliphatic carbocycles. The maximum absolute atomic E-state index is 12.7. The molecule has 20 heavy (non-hydrogen) atoms. The predicted octanol–water partition coefficient (Wildman–Crippen LogP) is 1.33. The summed E-state index contributed by atoms with van der Waals surface area (Å²) in [4.78, 5) is 27.2. The van der Waals surface area contributed by atoms with E-state index in [9.17, 15) is 14.0 Å². The molecule has 104 valence electrons. The molecule has 7 heteroatoms. The van der Waals surface area contributed by atoms with Gasteiger partial charge < -0.3 is 10.6 Å². The molecule has 2 rings (SSSR count). The van der Waals surface area contributed by atoms with Crippen molar-refractivity contribution in [1.29, 1.82) is 0 Å². The van der Waals surface area contributed by atoms with Crippen LogP contribution in [0.5, 0.6) is 0 Å². The van der Waals surface area contributed by atoms with Gasteiger partial charge in [-0.25, -0.2) is 9.37 Å². The third-order valence-electron chi connectivity index (χ3n) is 2.47. The predicted molar refractivity (Wildman–Crippen MR) is 72.7 cm³/mol. The van der Waals surface area contributed by atoms with Gasteiger partial charge in [-0.3, -0.25) is 9.59 Å². The highest BCUT2D eigenvalue weighted by molar-refractivity contribution is 7.07. The minimum atomic E-state index is -0.422. The zero-order valence-electron chi connectivity index (χ0n) is 10.4. The number of halogens is 1. The number of amides is 2. The summed E-state index contributed by atoms with van der Waals surface area (Å²) in [5.41, 5.74) is 2.75. The van der Waals surface area contributed by atoms with Gasteiger partial charge in [0.1, 0.15) is 5.82 Å². The molecule has 5 nitrogen and oxygen atoms in total. The first-order chi connectivity index (χ1) is 9.65. The van der Waals surface area contributed by atoms with Crippen molar-refractivity contribution < 1.29 is 14.0 Å². The first kappa shape index (κ1) is 14.1. The number of aromatic nitrogens is 1. The molecule has 1 aromatic carbocycles. The van der Waals surface area contributed by atoms with Gasteiger partial charge in [0.25, 0.3) is 5.91 Å². The lowest BCUT2D eigenvalue weighted by Gasteiger charge is -2.06. The molecular formula is C13H12FN3O2S. The van der Waals surface area contributed by atoms with Crippen molar-refractivity contribution in [3.63, 3.8) is 0 Å². The van der Waals surface area contributed by atoms with Crippen LogP contribution < -0.4 is 10.6 Å². The standard InChI is InChI=1S/C13H12FN3O2S/c14-10-3-1-9(2-4-10)13(19)16-6-12(18)15-5-11-7-20-8-17-11/h1-4,7-8H,5-6H2,(H,15,18)(H,16,19). The van der Waals surface area contributed by atoms with Crippen LogP contribution in [0.4, 0.5) is 4.39 Å². The number of benzene rings is 1. The van der Waals surface area contributed by atoms with Gasteiger partial charge in [0.2, 0.25) is 5.91 Å². The smallest absolute Gasteiger partial charge is 0.251 e. The van der Waals surface area contributed by atoms with Crippen LogP contribution in [0.15, 0.2) is 35.2 Å². The summed E-state index contributed by atoms with van der Waals surface area (Å²) in [6.07, 6.45) is 0. The van der Waals surface area contributed by atoms with Crippen molar-refractivity contribution >= 4 is 23.2 Å². The van der Waals surface area contributed by atoms with Gasteiger partial charge in [0.05, 0.1) is 24.3 Å². The minimum Gasteiger partial charge on any atom is -0.349 e. The lowest BCUT2D eigenvalue weighted by Crippen LogP contribution is -2.36. The highest BCUT2D eigenvalue weighted by Crippen LogP contribution is 2.02. The molecule has 0 spiro atoms. The van der Waals surface area contributed by atoms with E-state index in [-0.39, 0.29) is 12.5 Å². The van der Waals surface area contributed by atoms with Crippen LogP contribution >= 0.6 is 11.3 Å². The van der Waals surface area contributed by atoms with Gasteiger partial charge in [-0.15, -0.1) is 11.3 Å². The number of carbonyl (C=O) groups is 2. The molecule has 2 aromatic rings. The summed E-state index contributed by atoms with van der Waals surface area (Å²) in [7, 11) is 0. The van der Waals surface area contributed by atoms with Crippen molar-refractivity contribution in [3.05, 3.63) is 52.2 Å². The van der Waals surface area contributed by atoms with Crippen LogP contribution in [0.25, 0.3) is 0 Å². The van der Waals surface area contributed by atoms with E-state index >= 15 is 0 Å². The summed E-state index contributed by atoms with van der Waals surface area (Å²) in [5, 5.41) is 6.92. The molecule has 2 amide bonds. The molecule has 0 fully saturated rings. The number of nitrogens with one attached hydrogen (secondary N) is 2. The summed E-state index contributed by atoms with van der Waals surface area (Å²) in [6.45, 7) is 0.190. The van der Waals surface area contributed by atoms with E-state index in [4.69, 9.17) is 0 Å². The second kappa shape index (κ2) is 6.76. The Morgan fingerprint density at radius 3 is 2.60 bits per heavy atom. The van der Waals surface area contributed by atoms with Crippen LogP contribution in [-0.4, -0.2) is 23.3 Å². The van der Waals surface area contributed by atoms with Gasteiger partial charge >= 0.3 is 0 Å². The lowest BCUT2D eigenvalue weighted by atomic mass is 10.2. The van der Waals surface area contributed by atoms with E-state index in [0.717, 1.165) is 5.69 Å². The van der Waals surface area contributed by atoms with Crippen molar-refractivity contribution in [2.75, 3.05) is 6.54 Å². The van der Waals surface area contributed by atoms with Crippen LogP contribution in [0.1, 0.15) is 16.1 Å². The number of hydrogen-bond acceptors (Lipinski definition) is 4. The van der Waals surface area contributed by atoms with Gasteiger partial charge in [0.15, 0.2) is 0 Å². The molecule has 0 radical (unpaired) electrons. The Kier molecular flexibility index (Phi) is 4.78. The Hall–Kier alpha value is -2.28. The molecule has 1 aromatic heterocycles. The largest absolute Gasteiger partial charge is 0.349 e. The SMILES string of the molecule is O=C(CNC(=O)c1ccc(F)cc1)NCc1cscn1. The molecular weight excluding hydrogens is 281 g/mol. The Bertz CT molecular complexity index is 584. The Labute approximate surface area is 118 Å². The highest BCUT2D eigenvalue weighted by atomic mass is 32.1. The monoisotopic (exact) mass is 293 g/mol. The van der Waals surface area contributed by atoms with Crippen LogP contribution in [-0.2, 0) is 11.3 Å². The van der Waals surface area contributed by atoms with E-state index in [1.54, 1.807) is 5.51 Å². The normalized spacial score (nSPS) is 10.1. The van der Waals surface area contributed by atoms with E-state index in [2.05, 4.69) is 15.6 Å². The summed E-state index contributed by atoms with van der Waals surface area (Å²) in [5.74, 6) is -1.15. The highest BCUT2D eigenvalue weighted by Gasteiger charge is 2.08. The summed E-state index contributed by atoms with van der Waals surface area (Å²) < 4.78 is 12.7. The second-order valence-corrected chi connectivity index (χ2v) is 4.66. The van der Waals surface area contributed by atoms with Crippen LogP contribution in [0, 0.1) is 5.82 Å². The molecule has 2 N–H and O–H groups in total. The zero-order chi connectivity index (χ0) is 14.4. The Morgan fingerprint density at radius 1 is 1.20 bits per heavy atom. The Morgan fingerprint density at radius 2 is 1.95 bits per heavy atom. The molecule has 0 saturated carbocycles. The average molecular weight is 293 g/mol. The maximum atomic E-state index is 12.7. The third kappa shape index (κ3) is 4.13. The van der Waals surface area contributed by atoms with Gasteiger partial charge in [0, 0.05) is 10.9 Å². The van der Waals surface area contributed by atoms with E-state index in [1.165, 1.54) is 35.6 Å². The van der Waals surface area contributed by atoms with Crippen molar-refractivity contribution in [1.82, 2.24) is 15.6 Å². The summed E-state index contributed by atoms with van der Waals surface area (Å²) in [6, 6.07) is 5.10. The quantitative estimate of drug-likeness (QED) is 0.873. The third-order valence-corrected chi connectivity index (χ3v) is 3.10. The van der Waals surface area contributed by atoms with E-state index in [1.807, 2.05) is 5.38 Å². The lowest BCUT2D eigenvalue weighted by molar-refractivity contribution is -0.120. The number of thiazole rings is 1. The fraction of sp³-hybridized carbons (Fsp3) is 0.154. The fourth-order valence-electron chi connectivity index (χ4n) is 1.44. The summed E-state index contributed by atoms with van der Waals surface area (Å²) >= 11 is 1.45. The number of rotatable bonds is 5. The first-order valence-corrected chi connectivity index (χ1v) is 6.77. The van der Waals surface area contributed by atoms with E-state index in [0.29, 0.717) is 12.1 Å². The molecule has 0 atom stereocenters. The first-order valence-electron chi connectivity index (χ1n) is 5.82. The minimum absolute atomic E-state index is 0.139. The number of carbonyl (C=O) groups excluding carboxylic acids is 2. The van der Waals surface area contributed by atoms with Gasteiger partial charge in [-0.1, -0.05) is 0 Å². The molecule has 0 bridgehead atoms. The zero-order valence-corrected chi connectivity index (χ0v) is 11.2. The van der Waals surface area contributed by atoms with Crippen molar-refractivity contribution in [3.8, 4) is 0 Å². The molecule has 0 aliphatic heterocycles. The van der Waals surface area contributed by atoms with E-state index < -0.39 is 11.7 Å². The molecule has 0 saturated heterocycles. The topological polar surface area (TPSA) is 71.1 Å². The van der Waals surface area contributed by atoms with Gasteiger partial charge in [-0.2, -0.15) is 0 Å². The fourth-order valence-corrected chi connectivity index (χ4v) is 2.00. The average Bonchev–Trinajstić information content (AvgIpc) is 2.96. The number of nitrogens with zero attached hydrogens (tertiary/aromatic N) is 1. The van der Waals surface area contributed by atoms with Crippen LogP contribution in [0.2, 0.25) is 0 Å². The molecule has 0 unspecified atom stereocenters. The van der Waals surface area contributed by atoms with Crippen LogP contribution in [0.3, 0.4) is 0 Å².